The number of benzene rings is 1. The van der Waals surface area contributed by atoms with Crippen molar-refractivity contribution < 1.29 is 9.18 Å². The van der Waals surface area contributed by atoms with Crippen molar-refractivity contribution in [1.29, 1.82) is 0 Å². The Morgan fingerprint density at radius 2 is 2.17 bits per heavy atom. The molecule has 0 atom stereocenters. The van der Waals surface area contributed by atoms with Crippen LogP contribution in [-0.4, -0.2) is 25.7 Å². The number of fused-ring (bicyclic) bond motifs is 1. The summed E-state index contributed by atoms with van der Waals surface area (Å²) in [6, 6.07) is 5.93. The number of nitrogens with zero attached hydrogens (tertiary/aromatic N) is 4. The Hall–Kier alpha value is -2.83. The minimum Gasteiger partial charge on any atom is -0.345 e. The minimum absolute atomic E-state index is 0.247. The summed E-state index contributed by atoms with van der Waals surface area (Å²) in [5, 5.41) is 11.4. The molecule has 0 aliphatic carbocycles. The molecule has 6 nitrogen and oxygen atoms in total. The maximum absolute atomic E-state index is 13.4. The molecule has 124 valence electrons. The molecule has 0 unspecified atom stereocenters. The summed E-state index contributed by atoms with van der Waals surface area (Å²) in [5.74, 6) is 0.0779. The van der Waals surface area contributed by atoms with E-state index < -0.39 is 0 Å². The molecule has 1 aromatic carbocycles. The largest absolute Gasteiger partial charge is 0.345 e. The lowest BCUT2D eigenvalue weighted by atomic mass is 10.1. The molecule has 0 saturated carbocycles. The van der Waals surface area contributed by atoms with Crippen LogP contribution < -0.4 is 5.32 Å². The average molecular weight is 327 g/mol. The van der Waals surface area contributed by atoms with Crippen molar-refractivity contribution in [2.24, 2.45) is 0 Å². The van der Waals surface area contributed by atoms with Crippen LogP contribution in [0.3, 0.4) is 0 Å². The Morgan fingerprint density at radius 1 is 1.33 bits per heavy atom. The first-order chi connectivity index (χ1) is 11.6. The van der Waals surface area contributed by atoms with Gasteiger partial charge in [0.05, 0.1) is 17.6 Å². The van der Waals surface area contributed by atoms with Gasteiger partial charge in [-0.1, -0.05) is 6.92 Å². The lowest BCUT2D eigenvalue weighted by Gasteiger charge is -2.10. The van der Waals surface area contributed by atoms with Crippen LogP contribution in [0.4, 0.5) is 4.39 Å². The van der Waals surface area contributed by atoms with Gasteiger partial charge in [0.2, 0.25) is 0 Å². The first kappa shape index (κ1) is 16.0. The van der Waals surface area contributed by atoms with E-state index in [4.69, 9.17) is 0 Å². The predicted octanol–water partition coefficient (Wildman–Crippen LogP) is 2.61. The van der Waals surface area contributed by atoms with Crippen molar-refractivity contribution in [3.05, 3.63) is 53.5 Å². The zero-order valence-electron chi connectivity index (χ0n) is 13.6. The Morgan fingerprint density at radius 3 is 2.96 bits per heavy atom. The van der Waals surface area contributed by atoms with Gasteiger partial charge in [0.15, 0.2) is 5.82 Å². The molecule has 2 aromatic heterocycles. The quantitative estimate of drug-likeness (QED) is 0.782. The molecular formula is C17H18FN5O. The van der Waals surface area contributed by atoms with Crippen LogP contribution in [-0.2, 0) is 13.1 Å². The van der Waals surface area contributed by atoms with Gasteiger partial charge in [-0.2, -0.15) is 0 Å². The summed E-state index contributed by atoms with van der Waals surface area (Å²) in [6.45, 7) is 4.92. The molecule has 0 aliphatic heterocycles. The number of amides is 1. The van der Waals surface area contributed by atoms with E-state index in [1.165, 1.54) is 12.1 Å². The number of pyridine rings is 1. The number of nitrogens with one attached hydrogen (secondary N) is 1. The van der Waals surface area contributed by atoms with Gasteiger partial charge in [-0.25, -0.2) is 4.39 Å². The van der Waals surface area contributed by atoms with Crippen molar-refractivity contribution in [3.8, 4) is 0 Å². The number of aryl methyl sites for hydroxylation is 2. The molecule has 3 rings (SSSR count). The maximum atomic E-state index is 13.4. The van der Waals surface area contributed by atoms with Crippen LogP contribution in [0.25, 0.3) is 10.9 Å². The second-order valence-corrected chi connectivity index (χ2v) is 5.60. The van der Waals surface area contributed by atoms with Gasteiger partial charge >= 0.3 is 0 Å². The third kappa shape index (κ3) is 3.24. The molecule has 1 amide bonds. The van der Waals surface area contributed by atoms with Gasteiger partial charge in [0, 0.05) is 23.7 Å². The van der Waals surface area contributed by atoms with E-state index in [0.29, 0.717) is 28.0 Å². The number of hydrogen-bond acceptors (Lipinski definition) is 4. The molecule has 2 heterocycles. The van der Waals surface area contributed by atoms with E-state index in [0.717, 1.165) is 13.0 Å². The standard InChI is InChI=1S/C17H18FN5O/c1-3-6-23-10-20-22-16(23)9-19-17(24)14-7-11(2)21-15-8-12(18)4-5-13(14)15/h4-5,7-8,10H,3,6,9H2,1-2H3,(H,19,24). The van der Waals surface area contributed by atoms with Crippen LogP contribution >= 0.6 is 0 Å². The Labute approximate surface area is 138 Å². The summed E-state index contributed by atoms with van der Waals surface area (Å²) in [7, 11) is 0. The number of rotatable bonds is 5. The molecule has 7 heteroatoms. The summed E-state index contributed by atoms with van der Waals surface area (Å²) >= 11 is 0. The van der Waals surface area contributed by atoms with Gasteiger partial charge in [-0.3, -0.25) is 9.78 Å². The SMILES string of the molecule is CCCn1cnnc1CNC(=O)c1cc(C)nc2cc(F)ccc12. The van der Waals surface area contributed by atoms with Crippen molar-refractivity contribution >= 4 is 16.8 Å². The summed E-state index contributed by atoms with van der Waals surface area (Å²) in [6.07, 6.45) is 2.61. The Bertz CT molecular complexity index is 885. The third-order valence-corrected chi connectivity index (χ3v) is 3.71. The van der Waals surface area contributed by atoms with Gasteiger partial charge in [0.1, 0.15) is 12.1 Å². The van der Waals surface area contributed by atoms with Crippen LogP contribution in [0.1, 0.15) is 35.2 Å². The zero-order chi connectivity index (χ0) is 17.1. The van der Waals surface area contributed by atoms with E-state index >= 15 is 0 Å². The summed E-state index contributed by atoms with van der Waals surface area (Å²) < 4.78 is 15.3. The van der Waals surface area contributed by atoms with Gasteiger partial charge in [-0.05, 0) is 31.5 Å². The third-order valence-electron chi connectivity index (χ3n) is 3.71. The maximum Gasteiger partial charge on any atom is 0.252 e. The summed E-state index contributed by atoms with van der Waals surface area (Å²) in [4.78, 5) is 16.9. The minimum atomic E-state index is -0.375. The van der Waals surface area contributed by atoms with E-state index in [2.05, 4.69) is 27.4 Å². The molecule has 0 aliphatic rings. The zero-order valence-corrected chi connectivity index (χ0v) is 13.6. The van der Waals surface area contributed by atoms with Crippen LogP contribution in [0.2, 0.25) is 0 Å². The van der Waals surface area contributed by atoms with E-state index in [1.54, 1.807) is 25.4 Å². The molecule has 0 bridgehead atoms. The molecule has 0 fully saturated rings. The Balaban J connectivity index is 1.85. The highest BCUT2D eigenvalue weighted by atomic mass is 19.1. The van der Waals surface area contributed by atoms with Gasteiger partial charge in [0.25, 0.3) is 5.91 Å². The van der Waals surface area contributed by atoms with E-state index in [1.807, 2.05) is 4.57 Å². The average Bonchev–Trinajstić information content (AvgIpc) is 2.99. The normalized spacial score (nSPS) is 11.0. The highest BCUT2D eigenvalue weighted by molar-refractivity contribution is 6.06. The molecule has 0 saturated heterocycles. The lowest BCUT2D eigenvalue weighted by molar-refractivity contribution is 0.0951. The molecule has 1 N–H and O–H groups in total. The number of carbonyl (C=O) groups excluding carboxylic acids is 1. The van der Waals surface area contributed by atoms with Crippen molar-refractivity contribution in [2.75, 3.05) is 0 Å². The van der Waals surface area contributed by atoms with Crippen LogP contribution in [0.15, 0.2) is 30.6 Å². The predicted molar refractivity (Wildman–Crippen MR) is 87.9 cm³/mol. The second-order valence-electron chi connectivity index (χ2n) is 5.60. The van der Waals surface area contributed by atoms with Gasteiger partial charge < -0.3 is 9.88 Å². The number of carbonyl (C=O) groups is 1. The topological polar surface area (TPSA) is 72.7 Å². The highest BCUT2D eigenvalue weighted by Crippen LogP contribution is 2.19. The Kier molecular flexibility index (Phi) is 4.50. The molecule has 24 heavy (non-hydrogen) atoms. The molecule has 0 spiro atoms. The first-order valence-corrected chi connectivity index (χ1v) is 7.80. The second kappa shape index (κ2) is 6.74. The highest BCUT2D eigenvalue weighted by Gasteiger charge is 2.13. The fourth-order valence-corrected chi connectivity index (χ4v) is 2.62. The van der Waals surface area contributed by atoms with Crippen molar-refractivity contribution in [2.45, 2.75) is 33.4 Å². The number of hydrogen-bond donors (Lipinski definition) is 1. The van der Waals surface area contributed by atoms with Crippen molar-refractivity contribution in [1.82, 2.24) is 25.1 Å². The molecule has 3 aromatic rings. The fraction of sp³-hybridized carbons (Fsp3) is 0.294. The summed E-state index contributed by atoms with van der Waals surface area (Å²) in [5.41, 5.74) is 1.60. The fourth-order valence-electron chi connectivity index (χ4n) is 2.62. The number of halogens is 1. The smallest absolute Gasteiger partial charge is 0.252 e. The first-order valence-electron chi connectivity index (χ1n) is 7.80. The monoisotopic (exact) mass is 327 g/mol. The molecular weight excluding hydrogens is 309 g/mol. The van der Waals surface area contributed by atoms with Crippen molar-refractivity contribution in [3.63, 3.8) is 0 Å². The molecule has 0 radical (unpaired) electrons. The van der Waals surface area contributed by atoms with E-state index in [9.17, 15) is 9.18 Å². The van der Waals surface area contributed by atoms with Gasteiger partial charge in [-0.15, -0.1) is 10.2 Å². The van der Waals surface area contributed by atoms with E-state index in [-0.39, 0.29) is 18.3 Å². The van der Waals surface area contributed by atoms with Crippen LogP contribution in [0.5, 0.6) is 0 Å². The lowest BCUT2D eigenvalue weighted by Crippen LogP contribution is -2.25. The number of aromatic nitrogens is 4. The van der Waals surface area contributed by atoms with Crippen LogP contribution in [0, 0.1) is 12.7 Å².